The molecule has 1 aromatic rings. The molecule has 2 N–H and O–H groups in total. The quantitative estimate of drug-likeness (QED) is 0.871. The first-order valence-corrected chi connectivity index (χ1v) is 7.74. The Labute approximate surface area is 130 Å². The number of carbonyl (C=O) groups excluding carboxylic acids is 1. The molecule has 2 aliphatic rings. The monoisotopic (exact) mass is 302 g/mol. The Morgan fingerprint density at radius 3 is 3.18 bits per heavy atom. The summed E-state index contributed by atoms with van der Waals surface area (Å²) in [5.41, 5.74) is 1.05. The minimum atomic E-state index is -0.0247. The van der Waals surface area contributed by atoms with Crippen LogP contribution in [0.3, 0.4) is 0 Å². The summed E-state index contributed by atoms with van der Waals surface area (Å²) in [4.78, 5) is 18.6. The molecule has 1 unspecified atom stereocenters. The highest BCUT2D eigenvalue weighted by molar-refractivity contribution is 5.86. The van der Waals surface area contributed by atoms with E-state index < -0.39 is 0 Å². The molecule has 6 nitrogen and oxygen atoms in total. The fraction of sp³-hybridized carbons (Fsp3) is 0.500. The van der Waals surface area contributed by atoms with Crippen molar-refractivity contribution in [2.24, 2.45) is 4.99 Å². The van der Waals surface area contributed by atoms with E-state index in [2.05, 4.69) is 15.6 Å². The van der Waals surface area contributed by atoms with Gasteiger partial charge in [-0.25, -0.2) is 0 Å². The minimum Gasteiger partial charge on any atom is -0.493 e. The van der Waals surface area contributed by atoms with Crippen LogP contribution in [0.2, 0.25) is 0 Å². The third kappa shape index (κ3) is 3.32. The van der Waals surface area contributed by atoms with E-state index in [-0.39, 0.29) is 18.5 Å². The summed E-state index contributed by atoms with van der Waals surface area (Å²) in [7, 11) is 1.98. The number of carbonyl (C=O) groups is 1. The molecule has 2 aliphatic heterocycles. The van der Waals surface area contributed by atoms with E-state index in [0.29, 0.717) is 6.61 Å². The van der Waals surface area contributed by atoms with Crippen LogP contribution in [-0.2, 0) is 4.79 Å². The number of guanidine groups is 1. The normalized spacial score (nSPS) is 20.5. The van der Waals surface area contributed by atoms with Gasteiger partial charge in [-0.3, -0.25) is 9.79 Å². The van der Waals surface area contributed by atoms with Crippen molar-refractivity contribution in [1.29, 1.82) is 0 Å². The van der Waals surface area contributed by atoms with Gasteiger partial charge in [-0.1, -0.05) is 18.2 Å². The van der Waals surface area contributed by atoms with Crippen LogP contribution >= 0.6 is 0 Å². The molecule has 0 spiro atoms. The van der Waals surface area contributed by atoms with Gasteiger partial charge in [0.25, 0.3) is 0 Å². The molecule has 0 saturated carbocycles. The highest BCUT2D eigenvalue weighted by Crippen LogP contribution is 2.31. The van der Waals surface area contributed by atoms with Gasteiger partial charge < -0.3 is 20.3 Å². The number of fused-ring (bicyclic) bond motifs is 1. The second kappa shape index (κ2) is 6.68. The standard InChI is InChI=1S/C16H22N4O2/c1-20-9-4-8-17-16(20)18-11-15(21)19-13-7-10-22-14-6-3-2-5-12(13)14/h2-3,5-6,13H,4,7-11H2,1H3,(H,17,18)(H,19,21). The van der Waals surface area contributed by atoms with Crippen molar-refractivity contribution in [1.82, 2.24) is 15.5 Å². The van der Waals surface area contributed by atoms with E-state index >= 15 is 0 Å². The molecule has 3 rings (SSSR count). The number of nitrogens with zero attached hydrogens (tertiary/aromatic N) is 2. The number of ether oxygens (including phenoxy) is 1. The van der Waals surface area contributed by atoms with Crippen LogP contribution in [0.15, 0.2) is 29.3 Å². The third-order valence-electron chi connectivity index (χ3n) is 3.98. The van der Waals surface area contributed by atoms with Gasteiger partial charge in [0.15, 0.2) is 5.96 Å². The lowest BCUT2D eigenvalue weighted by Crippen LogP contribution is -2.46. The number of rotatable bonds is 3. The molecule has 0 saturated heterocycles. The van der Waals surface area contributed by atoms with Gasteiger partial charge in [0, 0.05) is 32.1 Å². The molecular weight excluding hydrogens is 280 g/mol. The summed E-state index contributed by atoms with van der Waals surface area (Å²) < 4.78 is 5.61. The molecule has 0 radical (unpaired) electrons. The largest absolute Gasteiger partial charge is 0.493 e. The molecule has 0 bridgehead atoms. The first kappa shape index (κ1) is 14.7. The number of aliphatic imine (C=N–C) groups is 1. The molecule has 22 heavy (non-hydrogen) atoms. The molecule has 1 amide bonds. The van der Waals surface area contributed by atoms with Crippen LogP contribution < -0.4 is 15.4 Å². The van der Waals surface area contributed by atoms with Gasteiger partial charge in [0.2, 0.25) is 5.91 Å². The molecule has 0 fully saturated rings. The second-order valence-corrected chi connectivity index (χ2v) is 5.63. The van der Waals surface area contributed by atoms with Crippen molar-refractivity contribution in [3.8, 4) is 5.75 Å². The third-order valence-corrected chi connectivity index (χ3v) is 3.98. The van der Waals surface area contributed by atoms with E-state index in [0.717, 1.165) is 43.2 Å². The second-order valence-electron chi connectivity index (χ2n) is 5.63. The summed E-state index contributed by atoms with van der Waals surface area (Å²) in [6.45, 7) is 2.66. The van der Waals surface area contributed by atoms with Crippen molar-refractivity contribution in [3.63, 3.8) is 0 Å². The van der Waals surface area contributed by atoms with E-state index in [1.165, 1.54) is 0 Å². The van der Waals surface area contributed by atoms with E-state index in [4.69, 9.17) is 4.74 Å². The SMILES string of the molecule is CN1CCCN=C1NCC(=O)NC1CCOc2ccccc21. The highest BCUT2D eigenvalue weighted by Gasteiger charge is 2.22. The maximum atomic E-state index is 12.2. The summed E-state index contributed by atoms with van der Waals surface area (Å²) in [5.74, 6) is 1.64. The Kier molecular flexibility index (Phi) is 4.46. The fourth-order valence-corrected chi connectivity index (χ4v) is 2.81. The smallest absolute Gasteiger partial charge is 0.239 e. The Balaban J connectivity index is 1.55. The van der Waals surface area contributed by atoms with E-state index in [9.17, 15) is 4.79 Å². The predicted molar refractivity (Wildman–Crippen MR) is 85.0 cm³/mol. The van der Waals surface area contributed by atoms with Crippen LogP contribution in [0.1, 0.15) is 24.4 Å². The van der Waals surface area contributed by atoms with Crippen LogP contribution in [0.25, 0.3) is 0 Å². The van der Waals surface area contributed by atoms with Crippen LogP contribution in [0, 0.1) is 0 Å². The summed E-state index contributed by atoms with van der Waals surface area (Å²) >= 11 is 0. The van der Waals surface area contributed by atoms with E-state index in [1.807, 2.05) is 36.2 Å². The fourth-order valence-electron chi connectivity index (χ4n) is 2.81. The number of benzene rings is 1. The topological polar surface area (TPSA) is 66.0 Å². The maximum absolute atomic E-state index is 12.2. The van der Waals surface area contributed by atoms with Crippen LogP contribution in [0.5, 0.6) is 5.75 Å². The van der Waals surface area contributed by atoms with E-state index in [1.54, 1.807) is 0 Å². The lowest BCUT2D eigenvalue weighted by molar-refractivity contribution is -0.120. The molecule has 2 heterocycles. The number of amides is 1. The average Bonchev–Trinajstić information content (AvgIpc) is 2.54. The van der Waals surface area contributed by atoms with Crippen molar-refractivity contribution in [2.45, 2.75) is 18.9 Å². The van der Waals surface area contributed by atoms with Crippen molar-refractivity contribution in [3.05, 3.63) is 29.8 Å². The zero-order valence-electron chi connectivity index (χ0n) is 12.8. The molecule has 1 aromatic carbocycles. The number of nitrogens with one attached hydrogen (secondary N) is 2. The molecule has 6 heteroatoms. The Bertz CT molecular complexity index is 573. The maximum Gasteiger partial charge on any atom is 0.239 e. The van der Waals surface area contributed by atoms with Gasteiger partial charge in [-0.2, -0.15) is 0 Å². The summed E-state index contributed by atoms with van der Waals surface area (Å²) in [5, 5.41) is 6.19. The van der Waals surface area contributed by atoms with Crippen molar-refractivity contribution < 1.29 is 9.53 Å². The Morgan fingerprint density at radius 1 is 1.45 bits per heavy atom. The average molecular weight is 302 g/mol. The molecular formula is C16H22N4O2. The molecule has 1 atom stereocenters. The van der Waals surface area contributed by atoms with Gasteiger partial charge in [0.1, 0.15) is 5.75 Å². The van der Waals surface area contributed by atoms with Crippen LogP contribution in [-0.4, -0.2) is 50.1 Å². The molecule has 0 aromatic heterocycles. The van der Waals surface area contributed by atoms with Crippen LogP contribution in [0.4, 0.5) is 0 Å². The number of para-hydroxylation sites is 1. The molecule has 0 aliphatic carbocycles. The lowest BCUT2D eigenvalue weighted by atomic mass is 10.0. The first-order chi connectivity index (χ1) is 10.7. The molecule has 118 valence electrons. The lowest BCUT2D eigenvalue weighted by Gasteiger charge is -2.28. The predicted octanol–water partition coefficient (Wildman–Crippen LogP) is 0.908. The zero-order chi connectivity index (χ0) is 15.4. The van der Waals surface area contributed by atoms with Crippen molar-refractivity contribution >= 4 is 11.9 Å². The van der Waals surface area contributed by atoms with Gasteiger partial charge in [-0.05, 0) is 12.5 Å². The number of hydrogen-bond donors (Lipinski definition) is 2. The Hall–Kier alpha value is -2.24. The zero-order valence-corrected chi connectivity index (χ0v) is 12.8. The minimum absolute atomic E-state index is 0.0188. The van der Waals surface area contributed by atoms with Gasteiger partial charge in [0.05, 0.1) is 19.2 Å². The van der Waals surface area contributed by atoms with Gasteiger partial charge in [-0.15, -0.1) is 0 Å². The summed E-state index contributed by atoms with van der Waals surface area (Å²) in [6.07, 6.45) is 1.86. The van der Waals surface area contributed by atoms with Gasteiger partial charge >= 0.3 is 0 Å². The Morgan fingerprint density at radius 2 is 2.32 bits per heavy atom. The number of hydrogen-bond acceptors (Lipinski definition) is 5. The summed E-state index contributed by atoms with van der Waals surface area (Å²) in [6, 6.07) is 7.88. The highest BCUT2D eigenvalue weighted by atomic mass is 16.5. The van der Waals surface area contributed by atoms with Crippen molar-refractivity contribution in [2.75, 3.05) is 33.3 Å². The first-order valence-electron chi connectivity index (χ1n) is 7.74.